The summed E-state index contributed by atoms with van der Waals surface area (Å²) in [6.07, 6.45) is 15.9. The lowest BCUT2D eigenvalue weighted by atomic mass is 9.79. The molecule has 0 atom stereocenters. The Morgan fingerprint density at radius 3 is 1.56 bits per heavy atom. The number of ether oxygens (including phenoxy) is 6. The van der Waals surface area contributed by atoms with E-state index in [0.29, 0.717) is 112 Å². The highest BCUT2D eigenvalue weighted by Crippen LogP contribution is 2.36. The molecule has 8 rings (SSSR count). The highest BCUT2D eigenvalue weighted by atomic mass is 32.1. The molecule has 0 N–H and O–H groups in total. The number of thiazole rings is 1. The highest BCUT2D eigenvalue weighted by molar-refractivity contribution is 7.22. The summed E-state index contributed by atoms with van der Waals surface area (Å²) in [4.78, 5) is 82.1. The molecule has 15 nitrogen and oxygen atoms in total. The Balaban J connectivity index is 0.840. The number of para-hydroxylation sites is 2. The lowest BCUT2D eigenvalue weighted by Gasteiger charge is -2.27. The molecule has 2 fully saturated rings. The second kappa shape index (κ2) is 32.6. The number of carbonyl (C=O) groups excluding carboxylic acids is 6. The number of hydrogen-bond donors (Lipinski definition) is 0. The molecule has 6 aromatic rings. The standard InChI is InChI=1S/C68H75N3O12S/c1-3-64(74)80-42-16-7-5-14-40-78-56-33-22-48(23-34-56)45-60(72)50-27-31-53(32-28-50)67(77)83-62-39-24-49(44-54(62)47-69-71(55-18-10-9-11-19-55)68-70-59-20-12-13-21-63(59)84-68)46-61(73)51-25-29-52(30-26-51)66(76)82-58-37-35-57(36-38-58)79-41-15-6-8-17-43-81-65(75)4-2/h3-4,9-13,18-24,33-39,44,47,50-53H,1-2,5-8,14-17,25-32,40-43,45-46H2/b69-47+. The minimum Gasteiger partial charge on any atom is -0.494 e. The topological polar surface area (TPSA) is 186 Å². The Bertz CT molecular complexity index is 3150. The number of hydrogen-bond acceptors (Lipinski definition) is 16. The Hall–Kier alpha value is -8.24. The average Bonchev–Trinajstić information content (AvgIpc) is 3.58. The molecule has 0 saturated heterocycles. The van der Waals surface area contributed by atoms with Crippen LogP contribution >= 0.6 is 11.3 Å². The van der Waals surface area contributed by atoms with Crippen molar-refractivity contribution >= 4 is 74.0 Å². The molecule has 16 heteroatoms. The third-order valence-corrected chi connectivity index (χ3v) is 16.3. The van der Waals surface area contributed by atoms with Crippen LogP contribution in [-0.4, -0.2) is 73.1 Å². The van der Waals surface area contributed by atoms with Gasteiger partial charge in [-0.3, -0.25) is 19.2 Å². The molecule has 440 valence electrons. The Morgan fingerprint density at radius 1 is 0.524 bits per heavy atom. The molecule has 84 heavy (non-hydrogen) atoms. The maximum absolute atomic E-state index is 14.0. The van der Waals surface area contributed by atoms with Gasteiger partial charge in [0, 0.05) is 42.4 Å². The molecular formula is C68H75N3O12S. The molecule has 0 aliphatic heterocycles. The van der Waals surface area contributed by atoms with Crippen LogP contribution < -0.4 is 24.0 Å². The summed E-state index contributed by atoms with van der Waals surface area (Å²) < 4.78 is 34.8. The van der Waals surface area contributed by atoms with E-state index in [1.54, 1.807) is 41.6 Å². The summed E-state index contributed by atoms with van der Waals surface area (Å²) in [5, 5.41) is 7.37. The van der Waals surface area contributed by atoms with Gasteiger partial charge in [0.2, 0.25) is 5.13 Å². The number of nitrogens with zero attached hydrogens (tertiary/aromatic N) is 3. The van der Waals surface area contributed by atoms with E-state index in [1.807, 2.05) is 91.0 Å². The summed E-state index contributed by atoms with van der Waals surface area (Å²) in [5.41, 5.74) is 3.78. The van der Waals surface area contributed by atoms with Crippen molar-refractivity contribution in [2.24, 2.45) is 28.8 Å². The van der Waals surface area contributed by atoms with Crippen LogP contribution in [0.1, 0.15) is 119 Å². The number of Topliss-reactive ketones (excluding diaryl/α,β-unsaturated/α-hetero) is 2. The zero-order valence-corrected chi connectivity index (χ0v) is 48.5. The quantitative estimate of drug-likeness (QED) is 0.00969. The number of benzene rings is 5. The summed E-state index contributed by atoms with van der Waals surface area (Å²) in [6, 6.07) is 37.6. The molecule has 0 spiro atoms. The van der Waals surface area contributed by atoms with Crippen molar-refractivity contribution in [3.05, 3.63) is 163 Å². The molecule has 0 radical (unpaired) electrons. The van der Waals surface area contributed by atoms with Gasteiger partial charge in [-0.05, 0) is 187 Å². The van der Waals surface area contributed by atoms with E-state index in [4.69, 9.17) is 38.5 Å². The fraction of sp³-hybridized carbons (Fsp3) is 0.382. The van der Waals surface area contributed by atoms with Gasteiger partial charge in [0.1, 0.15) is 34.6 Å². The van der Waals surface area contributed by atoms with Gasteiger partial charge in [-0.2, -0.15) is 5.10 Å². The second-order valence-corrected chi connectivity index (χ2v) is 22.3. The van der Waals surface area contributed by atoms with Crippen LogP contribution in [0.15, 0.2) is 152 Å². The van der Waals surface area contributed by atoms with Crippen LogP contribution in [0.2, 0.25) is 0 Å². The van der Waals surface area contributed by atoms with Gasteiger partial charge in [-0.1, -0.05) is 73.0 Å². The molecule has 0 amide bonds. The predicted molar refractivity (Wildman–Crippen MR) is 325 cm³/mol. The van der Waals surface area contributed by atoms with Crippen LogP contribution in [-0.2, 0) is 51.1 Å². The first-order valence-electron chi connectivity index (χ1n) is 29.4. The van der Waals surface area contributed by atoms with Crippen molar-refractivity contribution in [3.8, 4) is 23.0 Å². The van der Waals surface area contributed by atoms with Gasteiger partial charge < -0.3 is 28.4 Å². The van der Waals surface area contributed by atoms with Gasteiger partial charge in [0.05, 0.1) is 60.4 Å². The minimum absolute atomic E-state index is 0.0679. The van der Waals surface area contributed by atoms with Crippen LogP contribution in [0, 0.1) is 23.7 Å². The Kier molecular flexibility index (Phi) is 24.0. The zero-order valence-electron chi connectivity index (χ0n) is 47.7. The Morgan fingerprint density at radius 2 is 1.00 bits per heavy atom. The van der Waals surface area contributed by atoms with Crippen molar-refractivity contribution in [3.63, 3.8) is 0 Å². The first kappa shape index (κ1) is 61.8. The van der Waals surface area contributed by atoms with E-state index in [1.165, 1.54) is 17.4 Å². The highest BCUT2D eigenvalue weighted by Gasteiger charge is 2.33. The zero-order chi connectivity index (χ0) is 58.9. The second-order valence-electron chi connectivity index (χ2n) is 21.3. The number of aromatic nitrogens is 1. The summed E-state index contributed by atoms with van der Waals surface area (Å²) in [7, 11) is 0. The van der Waals surface area contributed by atoms with Gasteiger partial charge in [-0.25, -0.2) is 19.6 Å². The number of anilines is 2. The minimum atomic E-state index is -0.409. The van der Waals surface area contributed by atoms with Crippen LogP contribution in [0.5, 0.6) is 23.0 Å². The van der Waals surface area contributed by atoms with E-state index < -0.39 is 17.9 Å². The number of esters is 4. The maximum Gasteiger partial charge on any atom is 0.330 e. The van der Waals surface area contributed by atoms with Crippen molar-refractivity contribution in [1.29, 1.82) is 0 Å². The average molecular weight is 1160 g/mol. The molecule has 1 aromatic heterocycles. The lowest BCUT2D eigenvalue weighted by Crippen LogP contribution is -2.29. The van der Waals surface area contributed by atoms with Crippen molar-refractivity contribution in [2.75, 3.05) is 31.4 Å². The van der Waals surface area contributed by atoms with Gasteiger partial charge in [0.25, 0.3) is 0 Å². The van der Waals surface area contributed by atoms with E-state index >= 15 is 0 Å². The number of carbonyl (C=O) groups is 6. The van der Waals surface area contributed by atoms with Crippen molar-refractivity contribution < 1.29 is 57.2 Å². The van der Waals surface area contributed by atoms with E-state index in [0.717, 1.165) is 90.2 Å². The van der Waals surface area contributed by atoms with Crippen molar-refractivity contribution in [2.45, 2.75) is 116 Å². The van der Waals surface area contributed by atoms with Gasteiger partial charge >= 0.3 is 23.9 Å². The lowest BCUT2D eigenvalue weighted by molar-refractivity contribution is -0.141. The van der Waals surface area contributed by atoms with E-state index in [9.17, 15) is 28.8 Å². The normalized spacial score (nSPS) is 16.7. The predicted octanol–water partition coefficient (Wildman–Crippen LogP) is 13.9. The number of hydrazone groups is 1. The summed E-state index contributed by atoms with van der Waals surface area (Å²) in [6.45, 7) is 8.67. The molecular weight excluding hydrogens is 1080 g/mol. The number of ketones is 2. The van der Waals surface area contributed by atoms with Crippen LogP contribution in [0.3, 0.4) is 0 Å². The van der Waals surface area contributed by atoms with Gasteiger partial charge in [0.15, 0.2) is 0 Å². The van der Waals surface area contributed by atoms with Crippen LogP contribution in [0.25, 0.3) is 10.2 Å². The van der Waals surface area contributed by atoms with Crippen LogP contribution in [0.4, 0.5) is 10.8 Å². The fourth-order valence-corrected chi connectivity index (χ4v) is 11.4. The van der Waals surface area contributed by atoms with Gasteiger partial charge in [-0.15, -0.1) is 0 Å². The number of fused-ring (bicyclic) bond motifs is 1. The number of unbranched alkanes of at least 4 members (excludes halogenated alkanes) is 6. The van der Waals surface area contributed by atoms with E-state index in [-0.39, 0.29) is 47.7 Å². The SMILES string of the molecule is C=CC(=O)OCCCCCCOc1ccc(CC(=O)C2CCC(C(=O)Oc3ccc(CC(=O)C4CCC(C(=O)Oc5ccc(OCCCCCCOC(=O)C=C)cc5)CC4)cc3/C=N/N(c3ccccc3)c3nc4ccccc4s3)CC2)cc1. The molecule has 0 unspecified atom stereocenters. The molecule has 0 bridgehead atoms. The molecule has 1 heterocycles. The largest absolute Gasteiger partial charge is 0.494 e. The first-order chi connectivity index (χ1) is 41.0. The summed E-state index contributed by atoms with van der Waals surface area (Å²) in [5.74, 6) is -0.231. The Labute approximate surface area is 496 Å². The molecule has 2 aliphatic carbocycles. The molecule has 2 aliphatic rings. The molecule has 5 aromatic carbocycles. The first-order valence-corrected chi connectivity index (χ1v) is 30.2. The maximum atomic E-state index is 14.0. The number of rotatable bonds is 32. The fourth-order valence-electron chi connectivity index (χ4n) is 10.4. The van der Waals surface area contributed by atoms with E-state index in [2.05, 4.69) is 13.2 Å². The molecule has 2 saturated carbocycles. The third kappa shape index (κ3) is 19.2. The third-order valence-electron chi connectivity index (χ3n) is 15.3. The monoisotopic (exact) mass is 1160 g/mol. The smallest absolute Gasteiger partial charge is 0.330 e. The summed E-state index contributed by atoms with van der Waals surface area (Å²) >= 11 is 1.50. The van der Waals surface area contributed by atoms with Crippen molar-refractivity contribution in [1.82, 2.24) is 4.98 Å².